The molecule has 0 heterocycles. The fraction of sp³-hybridized carbons (Fsp3) is 0.417. The molecule has 1 aromatic carbocycles. The van der Waals surface area contributed by atoms with E-state index in [4.69, 9.17) is 11.6 Å². The maximum Gasteiger partial charge on any atom is 0.255 e. The molecule has 0 spiro atoms. The number of nitrogens with one attached hydrogen (secondary N) is 1. The molecule has 0 aliphatic heterocycles. The molecule has 1 aromatic rings. The number of hydrogen-bond acceptors (Lipinski definition) is 2. The lowest BCUT2D eigenvalue weighted by atomic mass is 10.1. The molecule has 2 N–H and O–H groups in total. The quantitative estimate of drug-likeness (QED) is 0.796. The van der Waals surface area contributed by atoms with E-state index in [0.29, 0.717) is 6.54 Å². The van der Waals surface area contributed by atoms with Gasteiger partial charge < -0.3 is 10.4 Å². The summed E-state index contributed by atoms with van der Waals surface area (Å²) in [7, 11) is 0. The summed E-state index contributed by atoms with van der Waals surface area (Å²) in [4.78, 5) is 11.7. The van der Waals surface area contributed by atoms with E-state index in [1.54, 1.807) is 18.2 Å². The number of phenols is 1. The van der Waals surface area contributed by atoms with Gasteiger partial charge in [0.2, 0.25) is 0 Å². The van der Waals surface area contributed by atoms with Crippen LogP contribution in [0, 0.1) is 6.92 Å². The van der Waals surface area contributed by atoms with Crippen LogP contribution in [0.3, 0.4) is 0 Å². The van der Waals surface area contributed by atoms with Crippen molar-refractivity contribution in [3.63, 3.8) is 0 Å². The number of halogens is 1. The van der Waals surface area contributed by atoms with E-state index < -0.39 is 0 Å². The Balaban J connectivity index is 2.66. The van der Waals surface area contributed by atoms with Crippen LogP contribution in [0.15, 0.2) is 18.2 Å². The number of phenolic OH excluding ortho intramolecular Hbond substituents is 1. The van der Waals surface area contributed by atoms with Gasteiger partial charge in [0.05, 0.1) is 10.9 Å². The summed E-state index contributed by atoms with van der Waals surface area (Å²) in [6.07, 6.45) is 0.793. The van der Waals surface area contributed by atoms with Gasteiger partial charge in [-0.3, -0.25) is 4.79 Å². The maximum atomic E-state index is 11.7. The van der Waals surface area contributed by atoms with Gasteiger partial charge in [0.1, 0.15) is 5.75 Å². The van der Waals surface area contributed by atoms with Crippen LogP contribution >= 0.6 is 11.6 Å². The molecule has 0 bridgehead atoms. The highest BCUT2D eigenvalue weighted by Crippen LogP contribution is 2.18. The minimum atomic E-state index is -0.295. The summed E-state index contributed by atoms with van der Waals surface area (Å²) in [5.41, 5.74) is 1.20. The molecule has 0 radical (unpaired) electrons. The van der Waals surface area contributed by atoms with Gasteiger partial charge in [0.25, 0.3) is 5.91 Å². The zero-order valence-electron chi connectivity index (χ0n) is 9.46. The lowest BCUT2D eigenvalue weighted by Gasteiger charge is -2.09. The number of carbonyl (C=O) groups is 1. The van der Waals surface area contributed by atoms with Crippen LogP contribution in [0.1, 0.15) is 29.3 Å². The van der Waals surface area contributed by atoms with Crippen molar-refractivity contribution in [1.82, 2.24) is 5.32 Å². The van der Waals surface area contributed by atoms with Crippen molar-refractivity contribution >= 4 is 17.5 Å². The molecule has 3 nitrogen and oxygen atoms in total. The Bertz CT molecular complexity index is 379. The summed E-state index contributed by atoms with van der Waals surface area (Å²) in [5, 5.41) is 12.2. The summed E-state index contributed by atoms with van der Waals surface area (Å²) >= 11 is 5.88. The average molecular weight is 242 g/mol. The van der Waals surface area contributed by atoms with Crippen molar-refractivity contribution in [3.05, 3.63) is 29.3 Å². The second-order valence-electron chi connectivity index (χ2n) is 3.74. The summed E-state index contributed by atoms with van der Waals surface area (Å²) in [6, 6.07) is 4.95. The Morgan fingerprint density at radius 2 is 2.25 bits per heavy atom. The van der Waals surface area contributed by atoms with Crippen molar-refractivity contribution in [2.45, 2.75) is 25.6 Å². The zero-order valence-corrected chi connectivity index (χ0v) is 10.2. The molecule has 1 atom stereocenters. The standard InChI is InChI=1S/C12H16ClNO2/c1-3-9(13)7-14-12(16)10-5-4-8(2)6-11(10)15/h4-6,9,15H,3,7H2,1-2H3,(H,14,16). The van der Waals surface area contributed by atoms with Crippen LogP contribution in [0.2, 0.25) is 0 Å². The van der Waals surface area contributed by atoms with Crippen LogP contribution in [-0.2, 0) is 0 Å². The molecule has 16 heavy (non-hydrogen) atoms. The van der Waals surface area contributed by atoms with Gasteiger partial charge >= 0.3 is 0 Å². The van der Waals surface area contributed by atoms with Crippen molar-refractivity contribution in [1.29, 1.82) is 0 Å². The van der Waals surface area contributed by atoms with Crippen LogP contribution in [0.25, 0.3) is 0 Å². The second-order valence-corrected chi connectivity index (χ2v) is 4.35. The smallest absolute Gasteiger partial charge is 0.255 e. The Morgan fingerprint density at radius 1 is 1.56 bits per heavy atom. The minimum Gasteiger partial charge on any atom is -0.507 e. The SMILES string of the molecule is CCC(Cl)CNC(=O)c1ccc(C)cc1O. The predicted molar refractivity (Wildman–Crippen MR) is 65.1 cm³/mol. The number of carbonyl (C=O) groups excluding carboxylic acids is 1. The third-order valence-electron chi connectivity index (χ3n) is 2.32. The normalized spacial score (nSPS) is 12.2. The third kappa shape index (κ3) is 3.42. The molecule has 1 rings (SSSR count). The minimum absolute atomic E-state index is 0.000112. The third-order valence-corrected chi connectivity index (χ3v) is 2.79. The van der Waals surface area contributed by atoms with Gasteiger partial charge in [-0.15, -0.1) is 11.6 Å². The van der Waals surface area contributed by atoms with E-state index in [0.717, 1.165) is 12.0 Å². The first-order valence-electron chi connectivity index (χ1n) is 5.26. The van der Waals surface area contributed by atoms with Gasteiger partial charge in [-0.05, 0) is 31.0 Å². The fourth-order valence-corrected chi connectivity index (χ4v) is 1.35. The van der Waals surface area contributed by atoms with Crippen molar-refractivity contribution in [3.8, 4) is 5.75 Å². The zero-order chi connectivity index (χ0) is 12.1. The number of alkyl halides is 1. The van der Waals surface area contributed by atoms with Gasteiger partial charge in [-0.1, -0.05) is 13.0 Å². The van der Waals surface area contributed by atoms with Crippen LogP contribution < -0.4 is 5.32 Å². The molecule has 0 saturated carbocycles. The topological polar surface area (TPSA) is 49.3 Å². The van der Waals surface area contributed by atoms with E-state index in [-0.39, 0.29) is 22.6 Å². The maximum absolute atomic E-state index is 11.7. The molecular formula is C12H16ClNO2. The first-order valence-corrected chi connectivity index (χ1v) is 5.70. The Labute approximate surface area is 100 Å². The Morgan fingerprint density at radius 3 is 2.81 bits per heavy atom. The van der Waals surface area contributed by atoms with Gasteiger partial charge in [-0.25, -0.2) is 0 Å². The van der Waals surface area contributed by atoms with Crippen LogP contribution in [0.5, 0.6) is 5.75 Å². The average Bonchev–Trinajstić information content (AvgIpc) is 2.25. The molecular weight excluding hydrogens is 226 g/mol. The molecule has 88 valence electrons. The van der Waals surface area contributed by atoms with Gasteiger partial charge in [-0.2, -0.15) is 0 Å². The van der Waals surface area contributed by atoms with Crippen LogP contribution in [-0.4, -0.2) is 22.9 Å². The van der Waals surface area contributed by atoms with E-state index in [9.17, 15) is 9.90 Å². The first-order chi connectivity index (χ1) is 7.54. The van der Waals surface area contributed by atoms with Crippen molar-refractivity contribution in [2.75, 3.05) is 6.54 Å². The van der Waals surface area contributed by atoms with Crippen molar-refractivity contribution < 1.29 is 9.90 Å². The van der Waals surface area contributed by atoms with E-state index in [2.05, 4.69) is 5.32 Å². The molecule has 0 fully saturated rings. The fourth-order valence-electron chi connectivity index (χ4n) is 1.28. The summed E-state index contributed by atoms with van der Waals surface area (Å²) < 4.78 is 0. The highest BCUT2D eigenvalue weighted by molar-refractivity contribution is 6.20. The molecule has 4 heteroatoms. The summed E-state index contributed by atoms with van der Waals surface area (Å²) in [5.74, 6) is -0.295. The molecule has 1 amide bonds. The van der Waals surface area contributed by atoms with E-state index >= 15 is 0 Å². The molecule has 1 unspecified atom stereocenters. The number of aromatic hydroxyl groups is 1. The van der Waals surface area contributed by atoms with Gasteiger partial charge in [0.15, 0.2) is 0 Å². The highest BCUT2D eigenvalue weighted by atomic mass is 35.5. The number of rotatable bonds is 4. The molecule has 0 aliphatic carbocycles. The number of aryl methyl sites for hydroxylation is 1. The van der Waals surface area contributed by atoms with E-state index in [1.165, 1.54) is 0 Å². The number of hydrogen-bond donors (Lipinski definition) is 2. The Kier molecular flexibility index (Phi) is 4.62. The number of amides is 1. The monoisotopic (exact) mass is 241 g/mol. The Hall–Kier alpha value is -1.22. The predicted octanol–water partition coefficient (Wildman–Crippen LogP) is 2.45. The summed E-state index contributed by atoms with van der Waals surface area (Å²) in [6.45, 7) is 4.21. The molecule has 0 aliphatic rings. The van der Waals surface area contributed by atoms with E-state index in [1.807, 2.05) is 13.8 Å². The first kappa shape index (κ1) is 12.8. The van der Waals surface area contributed by atoms with Crippen LogP contribution in [0.4, 0.5) is 0 Å². The number of benzene rings is 1. The lowest BCUT2D eigenvalue weighted by Crippen LogP contribution is -2.29. The molecule has 0 aromatic heterocycles. The molecule has 0 saturated heterocycles. The second kappa shape index (κ2) is 5.75. The lowest BCUT2D eigenvalue weighted by molar-refractivity contribution is 0.0951. The van der Waals surface area contributed by atoms with Gasteiger partial charge in [0, 0.05) is 6.54 Å². The van der Waals surface area contributed by atoms with Crippen molar-refractivity contribution in [2.24, 2.45) is 0 Å². The largest absolute Gasteiger partial charge is 0.507 e. The highest BCUT2D eigenvalue weighted by Gasteiger charge is 2.11.